The SMILES string of the molecule is CCc1ccc(C(=O)CSc2nc3ccccc3c(=O)n2CC(C)C)cc1. The molecular weight excluding hydrogens is 356 g/mol. The summed E-state index contributed by atoms with van der Waals surface area (Å²) < 4.78 is 1.70. The van der Waals surface area contributed by atoms with Crippen LogP contribution >= 0.6 is 11.8 Å². The summed E-state index contributed by atoms with van der Waals surface area (Å²) in [5.41, 5.74) is 2.53. The van der Waals surface area contributed by atoms with E-state index in [-0.39, 0.29) is 17.1 Å². The van der Waals surface area contributed by atoms with Gasteiger partial charge in [-0.3, -0.25) is 14.2 Å². The molecule has 0 saturated heterocycles. The Morgan fingerprint density at radius 3 is 2.48 bits per heavy atom. The van der Waals surface area contributed by atoms with Gasteiger partial charge in [-0.2, -0.15) is 0 Å². The highest BCUT2D eigenvalue weighted by atomic mass is 32.2. The van der Waals surface area contributed by atoms with E-state index in [9.17, 15) is 9.59 Å². The van der Waals surface area contributed by atoms with Gasteiger partial charge in [0.25, 0.3) is 5.56 Å². The van der Waals surface area contributed by atoms with Gasteiger partial charge in [-0.1, -0.05) is 68.9 Å². The number of nitrogens with zero attached hydrogens (tertiary/aromatic N) is 2. The molecule has 3 aromatic rings. The second-order valence-electron chi connectivity index (χ2n) is 6.98. The molecule has 140 valence electrons. The lowest BCUT2D eigenvalue weighted by atomic mass is 10.1. The summed E-state index contributed by atoms with van der Waals surface area (Å²) in [6.45, 7) is 6.80. The minimum Gasteiger partial charge on any atom is -0.293 e. The predicted molar refractivity (Wildman–Crippen MR) is 112 cm³/mol. The second-order valence-corrected chi connectivity index (χ2v) is 7.93. The van der Waals surface area contributed by atoms with Crippen LogP contribution in [0.3, 0.4) is 0 Å². The summed E-state index contributed by atoms with van der Waals surface area (Å²) in [5.74, 6) is 0.609. The molecule has 0 saturated carbocycles. The van der Waals surface area contributed by atoms with Gasteiger partial charge in [-0.05, 0) is 30.0 Å². The number of aromatic nitrogens is 2. The quantitative estimate of drug-likeness (QED) is 0.342. The van der Waals surface area contributed by atoms with Crippen molar-refractivity contribution < 1.29 is 4.79 Å². The molecule has 3 rings (SSSR count). The maximum Gasteiger partial charge on any atom is 0.262 e. The van der Waals surface area contributed by atoms with Crippen molar-refractivity contribution in [2.75, 3.05) is 5.75 Å². The Bertz CT molecular complexity index is 1010. The van der Waals surface area contributed by atoms with E-state index in [0.717, 1.165) is 6.42 Å². The molecule has 5 heteroatoms. The summed E-state index contributed by atoms with van der Waals surface area (Å²) >= 11 is 1.33. The minimum atomic E-state index is -0.0449. The molecule has 1 heterocycles. The first kappa shape index (κ1) is 19.4. The van der Waals surface area contributed by atoms with Crippen molar-refractivity contribution >= 4 is 28.4 Å². The number of carbonyl (C=O) groups excluding carboxylic acids is 1. The lowest BCUT2D eigenvalue weighted by molar-refractivity contribution is 0.102. The predicted octanol–water partition coefficient (Wildman–Crippen LogP) is 4.59. The molecule has 0 aliphatic carbocycles. The van der Waals surface area contributed by atoms with E-state index in [1.54, 1.807) is 10.6 Å². The first-order chi connectivity index (χ1) is 13.0. The zero-order valence-electron chi connectivity index (χ0n) is 15.9. The van der Waals surface area contributed by atoms with Crippen molar-refractivity contribution in [2.24, 2.45) is 5.92 Å². The molecule has 2 aromatic carbocycles. The Kier molecular flexibility index (Phi) is 6.11. The van der Waals surface area contributed by atoms with Crippen molar-refractivity contribution in [3.63, 3.8) is 0 Å². The summed E-state index contributed by atoms with van der Waals surface area (Å²) in [6, 6.07) is 15.1. The van der Waals surface area contributed by atoms with Gasteiger partial charge < -0.3 is 0 Å². The van der Waals surface area contributed by atoms with Gasteiger partial charge in [-0.15, -0.1) is 0 Å². The van der Waals surface area contributed by atoms with Crippen LogP contribution in [0.15, 0.2) is 58.5 Å². The van der Waals surface area contributed by atoms with Crippen LogP contribution < -0.4 is 5.56 Å². The number of Topliss-reactive ketones (excluding diaryl/α,β-unsaturated/α-hetero) is 1. The molecule has 0 fully saturated rings. The monoisotopic (exact) mass is 380 g/mol. The topological polar surface area (TPSA) is 52.0 Å². The third-order valence-corrected chi connectivity index (χ3v) is 5.37. The summed E-state index contributed by atoms with van der Waals surface area (Å²) in [6.07, 6.45) is 0.950. The molecule has 0 atom stereocenters. The fourth-order valence-electron chi connectivity index (χ4n) is 2.92. The highest BCUT2D eigenvalue weighted by molar-refractivity contribution is 7.99. The Hall–Kier alpha value is -2.40. The number of hydrogen-bond donors (Lipinski definition) is 0. The Morgan fingerprint density at radius 1 is 1.11 bits per heavy atom. The molecule has 0 radical (unpaired) electrons. The number of ketones is 1. The zero-order chi connectivity index (χ0) is 19.4. The Labute approximate surface area is 163 Å². The molecule has 0 N–H and O–H groups in total. The second kappa shape index (κ2) is 8.53. The van der Waals surface area contributed by atoms with E-state index >= 15 is 0 Å². The maximum absolute atomic E-state index is 12.9. The molecule has 0 aliphatic heterocycles. The summed E-state index contributed by atoms with van der Waals surface area (Å²) in [7, 11) is 0. The molecule has 1 aromatic heterocycles. The van der Waals surface area contributed by atoms with Gasteiger partial charge in [0.15, 0.2) is 10.9 Å². The van der Waals surface area contributed by atoms with E-state index in [4.69, 9.17) is 0 Å². The van der Waals surface area contributed by atoms with E-state index in [1.165, 1.54) is 17.3 Å². The molecular formula is C22H24N2O2S. The number of thioether (sulfide) groups is 1. The molecule has 4 nitrogen and oxygen atoms in total. The van der Waals surface area contributed by atoms with Crippen LogP contribution in [0.4, 0.5) is 0 Å². The number of hydrogen-bond acceptors (Lipinski definition) is 4. The fraction of sp³-hybridized carbons (Fsp3) is 0.318. The summed E-state index contributed by atoms with van der Waals surface area (Å²) in [4.78, 5) is 30.1. The number of rotatable bonds is 7. The number of fused-ring (bicyclic) bond motifs is 1. The average Bonchev–Trinajstić information content (AvgIpc) is 2.68. The minimum absolute atomic E-state index is 0.0427. The van der Waals surface area contributed by atoms with Crippen molar-refractivity contribution in [1.82, 2.24) is 9.55 Å². The van der Waals surface area contributed by atoms with Crippen LogP contribution in [0.1, 0.15) is 36.7 Å². The molecule has 0 spiro atoms. The molecule has 0 bridgehead atoms. The van der Waals surface area contributed by atoms with Gasteiger partial charge >= 0.3 is 0 Å². The Morgan fingerprint density at radius 2 is 1.81 bits per heavy atom. The van der Waals surface area contributed by atoms with Crippen LogP contribution in [0.2, 0.25) is 0 Å². The highest BCUT2D eigenvalue weighted by Crippen LogP contribution is 2.20. The lowest BCUT2D eigenvalue weighted by Gasteiger charge is -2.14. The first-order valence-electron chi connectivity index (χ1n) is 9.24. The number of carbonyl (C=O) groups is 1. The third-order valence-electron chi connectivity index (χ3n) is 4.39. The van der Waals surface area contributed by atoms with E-state index in [1.807, 2.05) is 42.5 Å². The van der Waals surface area contributed by atoms with E-state index < -0.39 is 0 Å². The van der Waals surface area contributed by atoms with Gasteiger partial charge in [0.2, 0.25) is 0 Å². The van der Waals surface area contributed by atoms with Gasteiger partial charge in [-0.25, -0.2) is 4.98 Å². The molecule has 0 unspecified atom stereocenters. The number of benzene rings is 2. The molecule has 0 amide bonds. The normalized spacial score (nSPS) is 11.3. The van der Waals surface area contributed by atoms with Crippen molar-refractivity contribution in [3.05, 3.63) is 70.0 Å². The van der Waals surface area contributed by atoms with Crippen LogP contribution in [0.25, 0.3) is 10.9 Å². The van der Waals surface area contributed by atoms with Gasteiger partial charge in [0.05, 0.1) is 16.7 Å². The standard InChI is InChI=1S/C22H24N2O2S/c1-4-16-9-11-17(12-10-16)20(25)14-27-22-23-19-8-6-5-7-18(19)21(26)24(22)13-15(2)3/h5-12,15H,4,13-14H2,1-3H3. The average molecular weight is 381 g/mol. The zero-order valence-corrected chi connectivity index (χ0v) is 16.8. The van der Waals surface area contributed by atoms with Crippen LogP contribution in [-0.4, -0.2) is 21.1 Å². The van der Waals surface area contributed by atoms with Crippen LogP contribution in [0, 0.1) is 5.92 Å². The van der Waals surface area contributed by atoms with Crippen molar-refractivity contribution in [3.8, 4) is 0 Å². The maximum atomic E-state index is 12.9. The van der Waals surface area contributed by atoms with Crippen molar-refractivity contribution in [1.29, 1.82) is 0 Å². The third kappa shape index (κ3) is 4.48. The highest BCUT2D eigenvalue weighted by Gasteiger charge is 2.15. The summed E-state index contributed by atoms with van der Waals surface area (Å²) in [5, 5.41) is 1.22. The smallest absolute Gasteiger partial charge is 0.262 e. The van der Waals surface area contributed by atoms with Gasteiger partial charge in [0, 0.05) is 12.1 Å². The largest absolute Gasteiger partial charge is 0.293 e. The lowest BCUT2D eigenvalue weighted by Crippen LogP contribution is -2.25. The molecule has 0 aliphatic rings. The van der Waals surface area contributed by atoms with Crippen molar-refractivity contribution in [2.45, 2.75) is 38.9 Å². The Balaban J connectivity index is 1.88. The number of aryl methyl sites for hydroxylation is 1. The molecule has 27 heavy (non-hydrogen) atoms. The van der Waals surface area contributed by atoms with Crippen LogP contribution in [0.5, 0.6) is 0 Å². The van der Waals surface area contributed by atoms with Gasteiger partial charge in [0.1, 0.15) is 0 Å². The first-order valence-corrected chi connectivity index (χ1v) is 10.2. The fourth-order valence-corrected chi connectivity index (χ4v) is 3.83. The van der Waals surface area contributed by atoms with E-state index in [0.29, 0.717) is 34.1 Å². The van der Waals surface area contributed by atoms with Crippen LogP contribution in [-0.2, 0) is 13.0 Å². The number of para-hydroxylation sites is 1. The van der Waals surface area contributed by atoms with E-state index in [2.05, 4.69) is 25.8 Å².